The topological polar surface area (TPSA) is 34.4 Å². The van der Waals surface area contributed by atoms with Gasteiger partial charge in [0.05, 0.1) is 22.2 Å². The third-order valence-electron chi connectivity index (χ3n) is 6.63. The Balaban J connectivity index is 1.62. The van der Waals surface area contributed by atoms with Crippen molar-refractivity contribution >= 4 is 27.5 Å². The average Bonchev–Trinajstić information content (AvgIpc) is 2.91. The van der Waals surface area contributed by atoms with Gasteiger partial charge in [-0.1, -0.05) is 17.3 Å². The molecule has 4 aliphatic rings. The monoisotopic (exact) mass is 386 g/mol. The van der Waals surface area contributed by atoms with Crippen molar-refractivity contribution in [2.75, 3.05) is 0 Å². The summed E-state index contributed by atoms with van der Waals surface area (Å²) >= 11 is 1.12. The van der Waals surface area contributed by atoms with E-state index in [2.05, 4.69) is 10.9 Å². The number of fused-ring (bicyclic) bond motifs is 1. The molecule has 0 unspecified atom stereocenters. The molecule has 1 amide bonds. The van der Waals surface area contributed by atoms with Crippen molar-refractivity contribution in [3.63, 3.8) is 0 Å². The highest BCUT2D eigenvalue weighted by Gasteiger charge is 2.54. The van der Waals surface area contributed by atoms with E-state index in [4.69, 9.17) is 6.42 Å². The van der Waals surface area contributed by atoms with Crippen LogP contribution in [-0.4, -0.2) is 10.5 Å². The van der Waals surface area contributed by atoms with E-state index in [1.54, 1.807) is 0 Å². The highest BCUT2D eigenvalue weighted by molar-refractivity contribution is 7.16. The van der Waals surface area contributed by atoms with Crippen LogP contribution in [0.4, 0.5) is 8.78 Å². The van der Waals surface area contributed by atoms with Crippen LogP contribution >= 0.6 is 11.3 Å². The second-order valence-corrected chi connectivity index (χ2v) is 9.53. The number of nitrogens with zero attached hydrogens (tertiary/aromatic N) is 2. The fourth-order valence-electron chi connectivity index (χ4n) is 6.03. The van der Waals surface area contributed by atoms with E-state index in [-0.39, 0.29) is 23.4 Å². The SMILES string of the molecule is C#CCn1c(=NC(=O)C23CC4CC(CC(C4)C2)C3)sc2cc(F)cc(F)c21. The standard InChI is InChI=1S/C21H20F2N2OS/c1-2-3-25-18-16(23)7-15(22)8-17(18)27-20(25)24-19(26)21-9-12-4-13(10-21)6-14(5-12)11-21/h1,7-8,12-14H,3-6,9-11H2. The van der Waals surface area contributed by atoms with Gasteiger partial charge >= 0.3 is 0 Å². The first-order valence-corrected chi connectivity index (χ1v) is 10.3. The van der Waals surface area contributed by atoms with Gasteiger partial charge in [0.25, 0.3) is 5.91 Å². The molecule has 4 fully saturated rings. The van der Waals surface area contributed by atoms with Gasteiger partial charge in [-0.15, -0.1) is 6.42 Å². The summed E-state index contributed by atoms with van der Waals surface area (Å²) in [6.45, 7) is 0.0928. The number of thiazole rings is 1. The smallest absolute Gasteiger partial charge is 0.254 e. The molecule has 1 heterocycles. The largest absolute Gasteiger partial charge is 0.302 e. The summed E-state index contributed by atoms with van der Waals surface area (Å²) in [6.07, 6.45) is 12.0. The summed E-state index contributed by atoms with van der Waals surface area (Å²) < 4.78 is 29.9. The molecule has 0 N–H and O–H groups in total. The molecule has 1 aromatic heterocycles. The zero-order chi connectivity index (χ0) is 18.8. The lowest BCUT2D eigenvalue weighted by Crippen LogP contribution is -2.49. The first-order valence-electron chi connectivity index (χ1n) is 9.48. The first-order chi connectivity index (χ1) is 13.0. The van der Waals surface area contributed by atoms with Gasteiger partial charge in [0.1, 0.15) is 5.82 Å². The van der Waals surface area contributed by atoms with Crippen molar-refractivity contribution in [3.8, 4) is 12.3 Å². The highest BCUT2D eigenvalue weighted by atomic mass is 32.1. The lowest BCUT2D eigenvalue weighted by Gasteiger charge is -2.55. The first kappa shape index (κ1) is 17.1. The molecule has 3 nitrogen and oxygen atoms in total. The van der Waals surface area contributed by atoms with E-state index in [0.717, 1.165) is 36.7 Å². The Morgan fingerprint density at radius 1 is 1.22 bits per heavy atom. The number of rotatable bonds is 2. The molecule has 4 aliphatic carbocycles. The number of amides is 1. The fraction of sp³-hybridized carbons (Fsp3) is 0.524. The normalized spacial score (nSPS) is 32.2. The Morgan fingerprint density at radius 3 is 2.44 bits per heavy atom. The molecule has 1 aromatic carbocycles. The lowest BCUT2D eigenvalue weighted by molar-refractivity contribution is -0.142. The summed E-state index contributed by atoms with van der Waals surface area (Å²) in [5.74, 6) is 2.99. The van der Waals surface area contributed by atoms with Gasteiger partial charge in [0.15, 0.2) is 10.6 Å². The van der Waals surface area contributed by atoms with Crippen LogP contribution in [0, 0.1) is 47.1 Å². The number of hydrogen-bond acceptors (Lipinski definition) is 2. The van der Waals surface area contributed by atoms with Crippen molar-refractivity contribution in [2.24, 2.45) is 28.2 Å². The average molecular weight is 386 g/mol. The maximum atomic E-state index is 14.3. The van der Waals surface area contributed by atoms with E-state index in [9.17, 15) is 13.6 Å². The minimum atomic E-state index is -0.680. The maximum absolute atomic E-state index is 14.3. The van der Waals surface area contributed by atoms with Gasteiger partial charge in [-0.05, 0) is 62.3 Å². The Morgan fingerprint density at radius 2 is 1.85 bits per heavy atom. The molecular weight excluding hydrogens is 366 g/mol. The fourth-order valence-corrected chi connectivity index (χ4v) is 7.10. The van der Waals surface area contributed by atoms with Gasteiger partial charge in [-0.2, -0.15) is 4.99 Å². The minimum absolute atomic E-state index is 0.0928. The number of terminal acetylenes is 1. The molecule has 4 saturated carbocycles. The number of halogens is 2. The lowest BCUT2D eigenvalue weighted by atomic mass is 9.49. The summed E-state index contributed by atoms with van der Waals surface area (Å²) in [6, 6.07) is 2.11. The zero-order valence-electron chi connectivity index (χ0n) is 14.9. The maximum Gasteiger partial charge on any atom is 0.254 e. The van der Waals surface area contributed by atoms with Crippen LogP contribution in [0.1, 0.15) is 38.5 Å². The number of hydrogen-bond donors (Lipinski definition) is 0. The molecular formula is C21H20F2N2OS. The van der Waals surface area contributed by atoms with E-state index in [1.165, 1.54) is 29.9 Å². The Kier molecular flexibility index (Phi) is 3.80. The second-order valence-electron chi connectivity index (χ2n) is 8.52. The van der Waals surface area contributed by atoms with Crippen LogP contribution in [-0.2, 0) is 11.3 Å². The quantitative estimate of drug-likeness (QED) is 0.710. The molecule has 0 spiro atoms. The van der Waals surface area contributed by atoms with Crippen LogP contribution in [0.2, 0.25) is 0 Å². The molecule has 6 rings (SSSR count). The molecule has 27 heavy (non-hydrogen) atoms. The van der Waals surface area contributed by atoms with Crippen molar-refractivity contribution in [2.45, 2.75) is 45.1 Å². The van der Waals surface area contributed by atoms with Crippen LogP contribution in [0.3, 0.4) is 0 Å². The number of aromatic nitrogens is 1. The van der Waals surface area contributed by atoms with E-state index in [1.807, 2.05) is 0 Å². The van der Waals surface area contributed by atoms with Crippen molar-refractivity contribution in [1.82, 2.24) is 4.57 Å². The highest BCUT2D eigenvalue weighted by Crippen LogP contribution is 2.60. The predicted octanol–water partition coefficient (Wildman–Crippen LogP) is 4.26. The van der Waals surface area contributed by atoms with Crippen LogP contribution in [0.25, 0.3) is 10.2 Å². The summed E-state index contributed by atoms with van der Waals surface area (Å²) in [5, 5.41) is 0. The minimum Gasteiger partial charge on any atom is -0.302 e. The summed E-state index contributed by atoms with van der Waals surface area (Å²) in [5.41, 5.74) is -0.140. The molecule has 0 radical (unpaired) electrons. The molecule has 140 valence electrons. The summed E-state index contributed by atoms with van der Waals surface area (Å²) in [7, 11) is 0. The van der Waals surface area contributed by atoms with Crippen molar-refractivity contribution < 1.29 is 13.6 Å². The second kappa shape index (κ2) is 6.00. The predicted molar refractivity (Wildman–Crippen MR) is 99.7 cm³/mol. The molecule has 2 aromatic rings. The zero-order valence-corrected chi connectivity index (χ0v) is 15.7. The Bertz CT molecular complexity index is 1020. The van der Waals surface area contributed by atoms with Crippen LogP contribution < -0.4 is 4.80 Å². The number of carbonyl (C=O) groups excluding carboxylic acids is 1. The molecule has 0 atom stereocenters. The number of benzene rings is 1. The number of carbonyl (C=O) groups is 1. The van der Waals surface area contributed by atoms with Gasteiger partial charge in [-0.25, -0.2) is 8.78 Å². The third kappa shape index (κ3) is 2.67. The Hall–Kier alpha value is -2.00. The van der Waals surface area contributed by atoms with E-state index >= 15 is 0 Å². The molecule has 4 bridgehead atoms. The third-order valence-corrected chi connectivity index (χ3v) is 7.66. The van der Waals surface area contributed by atoms with Gasteiger partial charge < -0.3 is 4.57 Å². The van der Waals surface area contributed by atoms with Crippen molar-refractivity contribution in [3.05, 3.63) is 28.6 Å². The van der Waals surface area contributed by atoms with Gasteiger partial charge in [-0.3, -0.25) is 4.79 Å². The van der Waals surface area contributed by atoms with Crippen LogP contribution in [0.5, 0.6) is 0 Å². The van der Waals surface area contributed by atoms with Crippen LogP contribution in [0.15, 0.2) is 17.1 Å². The van der Waals surface area contributed by atoms with Crippen molar-refractivity contribution in [1.29, 1.82) is 0 Å². The summed E-state index contributed by atoms with van der Waals surface area (Å²) in [4.78, 5) is 18.1. The molecule has 0 aliphatic heterocycles. The van der Waals surface area contributed by atoms with Gasteiger partial charge in [0.2, 0.25) is 0 Å². The molecule has 6 heteroatoms. The van der Waals surface area contributed by atoms with E-state index < -0.39 is 11.6 Å². The molecule has 0 saturated heterocycles. The van der Waals surface area contributed by atoms with Gasteiger partial charge in [0, 0.05) is 6.07 Å². The van der Waals surface area contributed by atoms with E-state index in [0.29, 0.717) is 27.3 Å². The Labute approximate surface area is 160 Å².